The Hall–Kier alpha value is -2.47. The van der Waals surface area contributed by atoms with Crippen LogP contribution in [0.15, 0.2) is 42.5 Å². The van der Waals surface area contributed by atoms with Crippen molar-refractivity contribution in [3.05, 3.63) is 58.9 Å². The Balaban J connectivity index is 1.95. The molecule has 0 radical (unpaired) electrons. The number of rotatable bonds is 3. The highest BCUT2D eigenvalue weighted by atomic mass is 35.5. The van der Waals surface area contributed by atoms with Gasteiger partial charge in [0.2, 0.25) is 0 Å². The topological polar surface area (TPSA) is 69.6 Å². The highest BCUT2D eigenvalue weighted by molar-refractivity contribution is 6.30. The molecular formula is C14H11ClFN5. The maximum Gasteiger partial charge on any atom is 0.185 e. The molecule has 0 saturated heterocycles. The predicted molar refractivity (Wildman–Crippen MR) is 78.2 cm³/mol. The first-order valence-corrected chi connectivity index (χ1v) is 6.57. The molecule has 0 atom stereocenters. The maximum absolute atomic E-state index is 14.0. The summed E-state index contributed by atoms with van der Waals surface area (Å²) in [6.45, 7) is 0.420. The molecule has 0 saturated carbocycles. The summed E-state index contributed by atoms with van der Waals surface area (Å²) in [5.74, 6) is -0.107. The van der Waals surface area contributed by atoms with E-state index in [0.717, 1.165) is 5.56 Å². The van der Waals surface area contributed by atoms with Crippen molar-refractivity contribution >= 4 is 17.3 Å². The smallest absolute Gasteiger partial charge is 0.185 e. The van der Waals surface area contributed by atoms with Gasteiger partial charge in [0.25, 0.3) is 0 Å². The summed E-state index contributed by atoms with van der Waals surface area (Å²) < 4.78 is 15.5. The number of nitrogen functional groups attached to an aromatic ring is 1. The minimum Gasteiger partial charge on any atom is -0.399 e. The van der Waals surface area contributed by atoms with E-state index in [2.05, 4.69) is 15.5 Å². The van der Waals surface area contributed by atoms with E-state index in [9.17, 15) is 4.39 Å². The van der Waals surface area contributed by atoms with Crippen molar-refractivity contribution in [1.82, 2.24) is 20.2 Å². The zero-order valence-corrected chi connectivity index (χ0v) is 11.6. The second-order valence-electron chi connectivity index (χ2n) is 4.53. The van der Waals surface area contributed by atoms with Gasteiger partial charge in [0.15, 0.2) is 5.82 Å². The van der Waals surface area contributed by atoms with Gasteiger partial charge in [-0.15, -0.1) is 5.10 Å². The standard InChI is InChI=1S/C14H11ClFN5/c15-10-3-1-9(2-4-10)8-21-14(18-19-20-21)12-6-5-11(17)7-13(12)16/h1-7H,8,17H2. The Kier molecular flexibility index (Phi) is 3.53. The molecule has 0 unspecified atom stereocenters. The van der Waals surface area contributed by atoms with Crippen molar-refractivity contribution in [3.8, 4) is 11.4 Å². The Labute approximate surface area is 125 Å². The zero-order chi connectivity index (χ0) is 14.8. The molecule has 1 aromatic heterocycles. The minimum absolute atomic E-state index is 0.308. The normalized spacial score (nSPS) is 10.8. The molecule has 0 amide bonds. The van der Waals surface area contributed by atoms with Gasteiger partial charge in [-0.1, -0.05) is 23.7 Å². The van der Waals surface area contributed by atoms with Crippen LogP contribution in [0.25, 0.3) is 11.4 Å². The van der Waals surface area contributed by atoms with Crippen LogP contribution in [-0.4, -0.2) is 20.2 Å². The summed E-state index contributed by atoms with van der Waals surface area (Å²) in [7, 11) is 0. The number of nitrogens with zero attached hydrogens (tertiary/aromatic N) is 4. The van der Waals surface area contributed by atoms with Crippen molar-refractivity contribution in [2.45, 2.75) is 6.54 Å². The van der Waals surface area contributed by atoms with Gasteiger partial charge in [-0.05, 0) is 46.3 Å². The zero-order valence-electron chi connectivity index (χ0n) is 10.9. The van der Waals surface area contributed by atoms with Crippen LogP contribution in [0.1, 0.15) is 5.56 Å². The summed E-state index contributed by atoms with van der Waals surface area (Å²) in [5.41, 5.74) is 7.17. The Bertz CT molecular complexity index is 769. The lowest BCUT2D eigenvalue weighted by Crippen LogP contribution is -2.05. The van der Waals surface area contributed by atoms with Gasteiger partial charge >= 0.3 is 0 Å². The minimum atomic E-state index is -0.456. The van der Waals surface area contributed by atoms with E-state index in [0.29, 0.717) is 28.6 Å². The number of tetrazole rings is 1. The van der Waals surface area contributed by atoms with Gasteiger partial charge in [-0.3, -0.25) is 0 Å². The molecule has 1 heterocycles. The van der Waals surface area contributed by atoms with Crippen molar-refractivity contribution in [2.75, 3.05) is 5.73 Å². The fourth-order valence-electron chi connectivity index (χ4n) is 1.98. The number of benzene rings is 2. The van der Waals surface area contributed by atoms with E-state index < -0.39 is 5.82 Å². The third kappa shape index (κ3) is 2.85. The van der Waals surface area contributed by atoms with Crippen LogP contribution in [0, 0.1) is 5.82 Å². The highest BCUT2D eigenvalue weighted by Crippen LogP contribution is 2.22. The largest absolute Gasteiger partial charge is 0.399 e. The van der Waals surface area contributed by atoms with Crippen molar-refractivity contribution in [2.24, 2.45) is 0 Å². The van der Waals surface area contributed by atoms with Crippen LogP contribution in [0.5, 0.6) is 0 Å². The number of hydrogen-bond donors (Lipinski definition) is 1. The number of aromatic nitrogens is 4. The summed E-state index contributed by atoms with van der Waals surface area (Å²) in [6, 6.07) is 11.7. The molecule has 0 spiro atoms. The summed E-state index contributed by atoms with van der Waals surface area (Å²) >= 11 is 5.85. The first-order chi connectivity index (χ1) is 10.1. The molecule has 0 fully saturated rings. The molecule has 106 valence electrons. The van der Waals surface area contributed by atoms with E-state index in [1.807, 2.05) is 12.1 Å². The van der Waals surface area contributed by atoms with E-state index in [1.54, 1.807) is 24.3 Å². The average Bonchev–Trinajstić information content (AvgIpc) is 2.89. The van der Waals surface area contributed by atoms with Crippen molar-refractivity contribution in [1.29, 1.82) is 0 Å². The number of hydrogen-bond acceptors (Lipinski definition) is 4. The second kappa shape index (κ2) is 5.49. The molecule has 0 bridgehead atoms. The van der Waals surface area contributed by atoms with E-state index in [4.69, 9.17) is 17.3 Å². The lowest BCUT2D eigenvalue weighted by molar-refractivity contribution is 0.621. The molecule has 3 aromatic rings. The molecule has 0 aliphatic rings. The van der Waals surface area contributed by atoms with Crippen LogP contribution >= 0.6 is 11.6 Å². The third-order valence-corrected chi connectivity index (χ3v) is 3.26. The van der Waals surface area contributed by atoms with Crippen LogP contribution in [0.4, 0.5) is 10.1 Å². The fourth-order valence-corrected chi connectivity index (χ4v) is 2.11. The van der Waals surface area contributed by atoms with E-state index in [-0.39, 0.29) is 0 Å². The molecule has 21 heavy (non-hydrogen) atoms. The van der Waals surface area contributed by atoms with Crippen LogP contribution in [0.3, 0.4) is 0 Å². The van der Waals surface area contributed by atoms with Gasteiger partial charge in [0.1, 0.15) is 5.82 Å². The Morgan fingerprint density at radius 3 is 2.62 bits per heavy atom. The summed E-state index contributed by atoms with van der Waals surface area (Å²) in [4.78, 5) is 0. The maximum atomic E-state index is 14.0. The second-order valence-corrected chi connectivity index (χ2v) is 4.96. The molecule has 7 heteroatoms. The predicted octanol–water partition coefficient (Wildman–Crippen LogP) is 2.76. The average molecular weight is 304 g/mol. The Morgan fingerprint density at radius 2 is 1.90 bits per heavy atom. The monoisotopic (exact) mass is 303 g/mol. The first kappa shape index (κ1) is 13.5. The highest BCUT2D eigenvalue weighted by Gasteiger charge is 2.14. The lowest BCUT2D eigenvalue weighted by Gasteiger charge is -2.06. The van der Waals surface area contributed by atoms with Gasteiger partial charge in [0.05, 0.1) is 12.1 Å². The summed E-state index contributed by atoms with van der Waals surface area (Å²) in [5, 5.41) is 12.1. The number of halogens is 2. The molecular weight excluding hydrogens is 293 g/mol. The molecule has 0 aliphatic heterocycles. The first-order valence-electron chi connectivity index (χ1n) is 6.19. The van der Waals surface area contributed by atoms with Crippen LogP contribution in [-0.2, 0) is 6.54 Å². The van der Waals surface area contributed by atoms with Gasteiger partial charge in [0, 0.05) is 10.7 Å². The van der Waals surface area contributed by atoms with Crippen molar-refractivity contribution < 1.29 is 4.39 Å². The molecule has 5 nitrogen and oxygen atoms in total. The molecule has 3 rings (SSSR count). The van der Waals surface area contributed by atoms with Crippen LogP contribution in [0.2, 0.25) is 5.02 Å². The SMILES string of the molecule is Nc1ccc(-c2nnnn2Cc2ccc(Cl)cc2)c(F)c1. The van der Waals surface area contributed by atoms with Gasteiger partial charge in [-0.25, -0.2) is 9.07 Å². The fraction of sp³-hybridized carbons (Fsp3) is 0.0714. The van der Waals surface area contributed by atoms with E-state index >= 15 is 0 Å². The number of anilines is 1. The quantitative estimate of drug-likeness (QED) is 0.755. The molecule has 2 aromatic carbocycles. The van der Waals surface area contributed by atoms with E-state index in [1.165, 1.54) is 10.7 Å². The molecule has 2 N–H and O–H groups in total. The van der Waals surface area contributed by atoms with Crippen LogP contribution < -0.4 is 5.73 Å². The Morgan fingerprint density at radius 1 is 1.14 bits per heavy atom. The third-order valence-electron chi connectivity index (χ3n) is 3.01. The summed E-state index contributed by atoms with van der Waals surface area (Å²) in [6.07, 6.45) is 0. The number of nitrogens with two attached hydrogens (primary N) is 1. The van der Waals surface area contributed by atoms with Gasteiger partial charge < -0.3 is 5.73 Å². The van der Waals surface area contributed by atoms with Crippen molar-refractivity contribution in [3.63, 3.8) is 0 Å². The lowest BCUT2D eigenvalue weighted by atomic mass is 10.1. The van der Waals surface area contributed by atoms with Gasteiger partial charge in [-0.2, -0.15) is 0 Å². The molecule has 0 aliphatic carbocycles.